The number of anilines is 1. The van der Waals surface area contributed by atoms with Gasteiger partial charge in [-0.25, -0.2) is 0 Å². The quantitative estimate of drug-likeness (QED) is 0.857. The number of hydrogen-bond acceptors (Lipinski definition) is 2. The summed E-state index contributed by atoms with van der Waals surface area (Å²) in [7, 11) is 0. The molecule has 3 heteroatoms. The molecule has 0 heterocycles. The molecule has 1 fully saturated rings. The van der Waals surface area contributed by atoms with Gasteiger partial charge < -0.3 is 10.4 Å². The lowest BCUT2D eigenvalue weighted by atomic mass is 9.72. The number of aliphatic hydroxyl groups excluding tert-OH is 1. The number of aliphatic hydroxyl groups is 1. The molecule has 2 atom stereocenters. The van der Waals surface area contributed by atoms with Crippen LogP contribution in [-0.4, -0.2) is 17.3 Å². The molecule has 106 valence electrons. The Morgan fingerprint density at radius 3 is 2.79 bits per heavy atom. The zero-order valence-electron chi connectivity index (χ0n) is 11.8. The number of hydrogen-bond donors (Lipinski definition) is 2. The summed E-state index contributed by atoms with van der Waals surface area (Å²) in [5.41, 5.74) is 0.929. The third-order valence-corrected chi connectivity index (χ3v) is 5.09. The fourth-order valence-corrected chi connectivity index (χ4v) is 3.51. The van der Waals surface area contributed by atoms with Gasteiger partial charge in [-0.3, -0.25) is 0 Å². The SMILES string of the molecule is CC(C)C1CCCC(CO)(Nc2ccccc2Br)C1. The maximum absolute atomic E-state index is 9.92. The third kappa shape index (κ3) is 3.51. The van der Waals surface area contributed by atoms with E-state index in [0.29, 0.717) is 11.8 Å². The first-order valence-electron chi connectivity index (χ1n) is 7.20. The molecule has 0 bridgehead atoms. The van der Waals surface area contributed by atoms with Gasteiger partial charge in [0.15, 0.2) is 0 Å². The zero-order valence-corrected chi connectivity index (χ0v) is 13.4. The fraction of sp³-hybridized carbons (Fsp3) is 0.625. The molecule has 0 amide bonds. The highest BCUT2D eigenvalue weighted by Crippen LogP contribution is 2.39. The van der Waals surface area contributed by atoms with Gasteiger partial charge in [-0.2, -0.15) is 0 Å². The van der Waals surface area contributed by atoms with E-state index in [1.54, 1.807) is 0 Å². The molecule has 0 radical (unpaired) electrons. The molecule has 1 aliphatic rings. The zero-order chi connectivity index (χ0) is 13.9. The van der Waals surface area contributed by atoms with E-state index in [0.717, 1.165) is 23.0 Å². The van der Waals surface area contributed by atoms with Crippen LogP contribution in [-0.2, 0) is 0 Å². The van der Waals surface area contributed by atoms with Crippen molar-refractivity contribution in [1.29, 1.82) is 0 Å². The van der Waals surface area contributed by atoms with Gasteiger partial charge in [0.05, 0.1) is 12.1 Å². The van der Waals surface area contributed by atoms with Crippen LogP contribution in [0.1, 0.15) is 39.5 Å². The number of nitrogens with one attached hydrogen (secondary N) is 1. The summed E-state index contributed by atoms with van der Waals surface area (Å²) in [6.45, 7) is 4.78. The average molecular weight is 326 g/mol. The highest BCUT2D eigenvalue weighted by molar-refractivity contribution is 9.10. The molecule has 1 aromatic rings. The lowest BCUT2D eigenvalue weighted by Gasteiger charge is -2.42. The van der Waals surface area contributed by atoms with E-state index in [2.05, 4.69) is 41.2 Å². The molecule has 2 N–H and O–H groups in total. The van der Waals surface area contributed by atoms with Crippen molar-refractivity contribution in [2.24, 2.45) is 11.8 Å². The highest BCUT2D eigenvalue weighted by atomic mass is 79.9. The van der Waals surface area contributed by atoms with Crippen molar-refractivity contribution >= 4 is 21.6 Å². The van der Waals surface area contributed by atoms with Gasteiger partial charge in [-0.15, -0.1) is 0 Å². The third-order valence-electron chi connectivity index (χ3n) is 4.40. The minimum Gasteiger partial charge on any atom is -0.394 e. The van der Waals surface area contributed by atoms with Gasteiger partial charge in [0.2, 0.25) is 0 Å². The second kappa shape index (κ2) is 6.27. The Balaban J connectivity index is 2.16. The van der Waals surface area contributed by atoms with E-state index < -0.39 is 0 Å². The fourth-order valence-electron chi connectivity index (χ4n) is 3.12. The molecule has 1 aliphatic carbocycles. The van der Waals surface area contributed by atoms with Crippen LogP contribution in [0.2, 0.25) is 0 Å². The second-order valence-electron chi connectivity index (χ2n) is 6.14. The van der Waals surface area contributed by atoms with Crippen LogP contribution in [0.5, 0.6) is 0 Å². The standard InChI is InChI=1S/C16H24BrNO/c1-12(2)13-6-5-9-16(10-13,11-19)18-15-8-4-3-7-14(15)17/h3-4,7-8,12-13,18-19H,5-6,9-11H2,1-2H3. The van der Waals surface area contributed by atoms with Crippen molar-refractivity contribution in [3.63, 3.8) is 0 Å². The molecule has 2 unspecified atom stereocenters. The van der Waals surface area contributed by atoms with Gasteiger partial charge in [0.25, 0.3) is 0 Å². The Morgan fingerprint density at radius 2 is 2.16 bits per heavy atom. The first kappa shape index (κ1) is 14.9. The van der Waals surface area contributed by atoms with E-state index in [4.69, 9.17) is 0 Å². The normalized spacial score (nSPS) is 27.5. The highest BCUT2D eigenvalue weighted by Gasteiger charge is 2.37. The topological polar surface area (TPSA) is 32.3 Å². The smallest absolute Gasteiger partial charge is 0.0661 e. The maximum Gasteiger partial charge on any atom is 0.0661 e. The summed E-state index contributed by atoms with van der Waals surface area (Å²) in [6, 6.07) is 8.15. The predicted molar refractivity (Wildman–Crippen MR) is 84.4 cm³/mol. The molecule has 0 spiro atoms. The summed E-state index contributed by atoms with van der Waals surface area (Å²) < 4.78 is 1.06. The minimum atomic E-state index is -0.156. The van der Waals surface area contributed by atoms with Gasteiger partial charge in [0.1, 0.15) is 0 Å². The molecule has 0 aromatic heterocycles. The van der Waals surface area contributed by atoms with Gasteiger partial charge in [-0.1, -0.05) is 38.8 Å². The Morgan fingerprint density at radius 1 is 1.42 bits per heavy atom. The lowest BCUT2D eigenvalue weighted by molar-refractivity contribution is 0.126. The van der Waals surface area contributed by atoms with Crippen LogP contribution < -0.4 is 5.32 Å². The van der Waals surface area contributed by atoms with Crippen LogP contribution in [0.4, 0.5) is 5.69 Å². The predicted octanol–water partition coefficient (Wildman–Crippen LogP) is 4.44. The van der Waals surface area contributed by atoms with E-state index in [-0.39, 0.29) is 12.1 Å². The van der Waals surface area contributed by atoms with Crippen LogP contribution in [0.25, 0.3) is 0 Å². The van der Waals surface area contributed by atoms with Crippen molar-refractivity contribution in [1.82, 2.24) is 0 Å². The van der Waals surface area contributed by atoms with Gasteiger partial charge in [-0.05, 0) is 52.7 Å². The molecule has 1 aromatic carbocycles. The van der Waals surface area contributed by atoms with E-state index in [9.17, 15) is 5.11 Å². The number of benzene rings is 1. The van der Waals surface area contributed by atoms with Crippen molar-refractivity contribution < 1.29 is 5.11 Å². The Kier molecular flexibility index (Phi) is 4.91. The van der Waals surface area contributed by atoms with E-state index in [1.807, 2.05) is 18.2 Å². The van der Waals surface area contributed by atoms with Gasteiger partial charge >= 0.3 is 0 Å². The molecule has 1 saturated carbocycles. The monoisotopic (exact) mass is 325 g/mol. The lowest BCUT2D eigenvalue weighted by Crippen LogP contribution is -2.47. The maximum atomic E-state index is 9.92. The summed E-state index contributed by atoms with van der Waals surface area (Å²) in [5.74, 6) is 1.39. The molecule has 2 rings (SSSR count). The Labute approximate surface area is 124 Å². The molecular weight excluding hydrogens is 302 g/mol. The number of halogens is 1. The Bertz CT molecular complexity index is 421. The van der Waals surface area contributed by atoms with Crippen LogP contribution >= 0.6 is 15.9 Å². The minimum absolute atomic E-state index is 0.156. The molecule has 0 aliphatic heterocycles. The number of rotatable bonds is 4. The first-order chi connectivity index (χ1) is 9.06. The summed E-state index contributed by atoms with van der Waals surface area (Å²) in [5, 5.41) is 13.5. The van der Waals surface area contributed by atoms with Crippen molar-refractivity contribution in [3.8, 4) is 0 Å². The van der Waals surface area contributed by atoms with Crippen molar-refractivity contribution in [2.45, 2.75) is 45.1 Å². The second-order valence-corrected chi connectivity index (χ2v) is 7.00. The molecule has 2 nitrogen and oxygen atoms in total. The molecule has 0 saturated heterocycles. The van der Waals surface area contributed by atoms with E-state index >= 15 is 0 Å². The molecule has 19 heavy (non-hydrogen) atoms. The number of para-hydroxylation sites is 1. The molecular formula is C16H24BrNO. The van der Waals surface area contributed by atoms with E-state index in [1.165, 1.54) is 12.8 Å². The van der Waals surface area contributed by atoms with Crippen LogP contribution in [0.3, 0.4) is 0 Å². The summed E-state index contributed by atoms with van der Waals surface area (Å²) in [6.07, 6.45) is 4.59. The Hall–Kier alpha value is -0.540. The average Bonchev–Trinajstić information content (AvgIpc) is 2.42. The van der Waals surface area contributed by atoms with Gasteiger partial charge in [0, 0.05) is 10.2 Å². The summed E-state index contributed by atoms with van der Waals surface area (Å²) in [4.78, 5) is 0. The first-order valence-corrected chi connectivity index (χ1v) is 7.99. The summed E-state index contributed by atoms with van der Waals surface area (Å²) >= 11 is 3.58. The largest absolute Gasteiger partial charge is 0.394 e. The van der Waals surface area contributed by atoms with Crippen molar-refractivity contribution in [2.75, 3.05) is 11.9 Å². The van der Waals surface area contributed by atoms with Crippen LogP contribution in [0, 0.1) is 11.8 Å². The van der Waals surface area contributed by atoms with Crippen molar-refractivity contribution in [3.05, 3.63) is 28.7 Å². The van der Waals surface area contributed by atoms with Crippen LogP contribution in [0.15, 0.2) is 28.7 Å².